The first-order valence-corrected chi connectivity index (χ1v) is 5.89. The Morgan fingerprint density at radius 1 is 1.07 bits per heavy atom. The van der Waals surface area contributed by atoms with Gasteiger partial charge in [-0.05, 0) is 47.0 Å². The first-order valence-electron chi connectivity index (χ1n) is 5.10. The number of halogens is 1. The topological polar surface area (TPSA) is 18.5 Å². The minimum absolute atomic E-state index is 0.249. The Kier molecular flexibility index (Phi) is 2.98. The third-order valence-electron chi connectivity index (χ3n) is 3.26. The van der Waals surface area contributed by atoms with Gasteiger partial charge in [0.05, 0.1) is 11.2 Å². The first-order chi connectivity index (χ1) is 6.82. The van der Waals surface area contributed by atoms with Gasteiger partial charge in [0.1, 0.15) is 0 Å². The standard InChI is InChI=1S/C11H15BBrO2/c1-10(2)11(3,4)15-12(14-10)8-5-6-9(13)7-8/h5-7H,1-4H3. The van der Waals surface area contributed by atoms with E-state index < -0.39 is 0 Å². The fraction of sp³-hybridized carbons (Fsp3) is 0.545. The van der Waals surface area contributed by atoms with Gasteiger partial charge in [-0.15, -0.1) is 0 Å². The molecule has 2 fully saturated rings. The molecule has 0 spiro atoms. The molecule has 0 N–H and O–H groups in total. The highest BCUT2D eigenvalue weighted by atomic mass is 79.9. The van der Waals surface area contributed by atoms with E-state index >= 15 is 0 Å². The molecule has 0 amide bonds. The average molecular weight is 270 g/mol. The molecule has 1 aliphatic carbocycles. The van der Waals surface area contributed by atoms with Crippen molar-refractivity contribution in [3.63, 3.8) is 0 Å². The molecule has 2 rings (SSSR count). The van der Waals surface area contributed by atoms with E-state index in [1.807, 2.05) is 19.3 Å². The van der Waals surface area contributed by atoms with Crippen LogP contribution >= 0.6 is 15.9 Å². The molecule has 2 nitrogen and oxygen atoms in total. The lowest BCUT2D eigenvalue weighted by molar-refractivity contribution is 0.00578. The second kappa shape index (κ2) is 3.74. The molecule has 0 bridgehead atoms. The summed E-state index contributed by atoms with van der Waals surface area (Å²) < 4.78 is 11.8. The zero-order valence-electron chi connectivity index (χ0n) is 9.50. The van der Waals surface area contributed by atoms with Crippen LogP contribution in [-0.2, 0) is 9.31 Å². The van der Waals surface area contributed by atoms with E-state index in [0.717, 1.165) is 10.6 Å². The van der Waals surface area contributed by atoms with Crippen molar-refractivity contribution < 1.29 is 9.31 Å². The molecule has 0 aromatic heterocycles. The third-order valence-corrected chi connectivity index (χ3v) is 3.76. The van der Waals surface area contributed by atoms with E-state index in [4.69, 9.17) is 9.31 Å². The lowest BCUT2D eigenvalue weighted by atomic mass is 9.71. The fourth-order valence-corrected chi connectivity index (χ4v) is 1.95. The van der Waals surface area contributed by atoms with E-state index in [9.17, 15) is 0 Å². The Morgan fingerprint density at radius 2 is 1.60 bits per heavy atom. The fourth-order valence-electron chi connectivity index (χ4n) is 1.56. The minimum atomic E-state index is -0.262. The molecule has 4 heteroatoms. The van der Waals surface area contributed by atoms with Gasteiger partial charge in [-0.25, -0.2) is 0 Å². The predicted octanol–water partition coefficient (Wildman–Crippen LogP) is 2.75. The van der Waals surface area contributed by atoms with Crippen LogP contribution in [0.3, 0.4) is 0 Å². The van der Waals surface area contributed by atoms with Crippen molar-refractivity contribution >= 4 is 23.0 Å². The van der Waals surface area contributed by atoms with Crippen LogP contribution in [0.15, 0.2) is 0 Å². The molecule has 15 heavy (non-hydrogen) atoms. The molecule has 1 saturated heterocycles. The summed E-state index contributed by atoms with van der Waals surface area (Å²) >= 11 is 3.43. The Bertz CT molecular complexity index is 239. The molecule has 1 heterocycles. The van der Waals surface area contributed by atoms with Crippen molar-refractivity contribution in [2.75, 3.05) is 0 Å². The van der Waals surface area contributed by atoms with Gasteiger partial charge < -0.3 is 9.31 Å². The van der Waals surface area contributed by atoms with Gasteiger partial charge in [0.15, 0.2) is 0 Å². The molecular formula is C11H15BBrO2. The Morgan fingerprint density at radius 3 is 2.00 bits per heavy atom. The molecule has 0 unspecified atom stereocenters. The second-order valence-electron chi connectivity index (χ2n) is 4.95. The molecule has 1 aliphatic heterocycles. The molecular weight excluding hydrogens is 255 g/mol. The highest BCUT2D eigenvalue weighted by Gasteiger charge is 2.54. The van der Waals surface area contributed by atoms with E-state index in [1.54, 1.807) is 0 Å². The summed E-state index contributed by atoms with van der Waals surface area (Å²) in [5.74, 6) is 1.07. The third kappa shape index (κ3) is 2.13. The quantitative estimate of drug-likeness (QED) is 0.682. The van der Waals surface area contributed by atoms with Gasteiger partial charge in [-0.2, -0.15) is 0 Å². The van der Waals surface area contributed by atoms with Gasteiger partial charge in [-0.3, -0.25) is 0 Å². The highest BCUT2D eigenvalue weighted by Crippen LogP contribution is 2.44. The molecule has 81 valence electrons. The Labute approximate surface area is 101 Å². The second-order valence-corrected chi connectivity index (χ2v) is 5.87. The maximum atomic E-state index is 5.92. The summed E-state index contributed by atoms with van der Waals surface area (Å²) in [4.78, 5) is 1.06. The van der Waals surface area contributed by atoms with Crippen LogP contribution in [0, 0.1) is 29.9 Å². The van der Waals surface area contributed by atoms with Crippen LogP contribution < -0.4 is 0 Å². The monoisotopic (exact) mass is 269 g/mol. The summed E-state index contributed by atoms with van der Waals surface area (Å²) in [5.41, 5.74) is -0.525. The van der Waals surface area contributed by atoms with E-state index in [1.165, 1.54) is 0 Å². The molecule has 2 aliphatic rings. The van der Waals surface area contributed by atoms with Crippen molar-refractivity contribution in [1.29, 1.82) is 0 Å². The summed E-state index contributed by atoms with van der Waals surface area (Å²) in [6.07, 6.45) is 6.05. The van der Waals surface area contributed by atoms with Gasteiger partial charge in [0, 0.05) is 10.6 Å². The summed E-state index contributed by atoms with van der Waals surface area (Å²) in [5, 5.41) is 0. The Hall–Kier alpha value is 0.465. The van der Waals surface area contributed by atoms with Crippen LogP contribution in [0.1, 0.15) is 27.7 Å². The van der Waals surface area contributed by atoms with Crippen molar-refractivity contribution in [1.82, 2.24) is 0 Å². The number of hydrogen-bond acceptors (Lipinski definition) is 2. The van der Waals surface area contributed by atoms with E-state index in [2.05, 4.69) is 43.6 Å². The smallest absolute Gasteiger partial charge is 0.403 e. The SMILES string of the molecule is CC1(C)OB([C]2[CH][CH][C](Br)[CH]2)OC1(C)C. The van der Waals surface area contributed by atoms with Crippen LogP contribution in [-0.4, -0.2) is 18.3 Å². The number of rotatable bonds is 1. The largest absolute Gasteiger partial charge is 0.465 e. The van der Waals surface area contributed by atoms with Crippen molar-refractivity contribution in [2.45, 2.75) is 38.9 Å². The molecule has 1 saturated carbocycles. The maximum Gasteiger partial charge on any atom is 0.465 e. The molecule has 5 radical (unpaired) electrons. The lowest BCUT2D eigenvalue weighted by Crippen LogP contribution is -2.41. The predicted molar refractivity (Wildman–Crippen MR) is 64.4 cm³/mol. The number of hydrogen-bond donors (Lipinski definition) is 0. The van der Waals surface area contributed by atoms with Crippen molar-refractivity contribution in [2.24, 2.45) is 0 Å². The first kappa shape index (κ1) is 11.9. The van der Waals surface area contributed by atoms with Crippen LogP contribution in [0.4, 0.5) is 0 Å². The maximum absolute atomic E-state index is 5.92. The van der Waals surface area contributed by atoms with E-state index in [0.29, 0.717) is 0 Å². The van der Waals surface area contributed by atoms with Crippen LogP contribution in [0.5, 0.6) is 0 Å². The van der Waals surface area contributed by atoms with Gasteiger partial charge in [0.25, 0.3) is 0 Å². The molecule has 0 aromatic rings. The van der Waals surface area contributed by atoms with Gasteiger partial charge >= 0.3 is 7.12 Å². The van der Waals surface area contributed by atoms with Crippen LogP contribution in [0.25, 0.3) is 0 Å². The highest BCUT2D eigenvalue weighted by molar-refractivity contribution is 9.11. The van der Waals surface area contributed by atoms with Gasteiger partial charge in [-0.1, -0.05) is 15.9 Å². The van der Waals surface area contributed by atoms with Gasteiger partial charge in [0.2, 0.25) is 0 Å². The Balaban J connectivity index is 2.03. The minimum Gasteiger partial charge on any atom is -0.403 e. The molecule has 0 aromatic carbocycles. The normalized spacial score (nSPS) is 31.4. The molecule has 0 atom stereocenters. The van der Waals surface area contributed by atoms with E-state index in [-0.39, 0.29) is 18.3 Å². The van der Waals surface area contributed by atoms with Crippen molar-refractivity contribution in [3.8, 4) is 0 Å². The zero-order valence-corrected chi connectivity index (χ0v) is 11.1. The lowest BCUT2D eigenvalue weighted by Gasteiger charge is -2.32. The van der Waals surface area contributed by atoms with Crippen LogP contribution in [0.2, 0.25) is 0 Å². The van der Waals surface area contributed by atoms with Crippen molar-refractivity contribution in [3.05, 3.63) is 29.9 Å². The average Bonchev–Trinajstić information content (AvgIpc) is 2.56. The summed E-state index contributed by atoms with van der Waals surface area (Å²) in [6, 6.07) is 0. The summed E-state index contributed by atoms with van der Waals surface area (Å²) in [6.45, 7) is 8.24. The zero-order chi connectivity index (χ0) is 11.3. The summed E-state index contributed by atoms with van der Waals surface area (Å²) in [7, 11) is -0.249.